The lowest BCUT2D eigenvalue weighted by atomic mass is 10.1. The van der Waals surface area contributed by atoms with Gasteiger partial charge in [0.2, 0.25) is 0 Å². The lowest BCUT2D eigenvalue weighted by Crippen LogP contribution is -2.43. The summed E-state index contributed by atoms with van der Waals surface area (Å²) in [5, 5.41) is 8.22. The number of carbonyl (C=O) groups is 1. The average Bonchev–Trinajstić information content (AvgIpc) is 2.89. The Morgan fingerprint density at radius 3 is 2.77 bits per heavy atom. The first-order valence-corrected chi connectivity index (χ1v) is 8.08. The van der Waals surface area contributed by atoms with Gasteiger partial charge in [-0.2, -0.15) is 0 Å². The molecule has 3 rings (SSSR count). The monoisotopic (exact) mass is 363 g/mol. The van der Waals surface area contributed by atoms with Crippen LogP contribution in [0.3, 0.4) is 0 Å². The SMILES string of the molecule is Cc1c(C(=O)N2CCC(N)CC2)nnn1-c1cccc(Br)c1. The van der Waals surface area contributed by atoms with Gasteiger partial charge in [0.25, 0.3) is 5.91 Å². The number of nitrogens with two attached hydrogens (primary N) is 1. The third-order valence-electron chi connectivity index (χ3n) is 3.98. The molecular formula is C15H18BrN5O. The molecule has 1 saturated heterocycles. The summed E-state index contributed by atoms with van der Waals surface area (Å²) in [6.07, 6.45) is 1.68. The number of hydrogen-bond donors (Lipinski definition) is 1. The fraction of sp³-hybridized carbons (Fsp3) is 0.400. The molecule has 22 heavy (non-hydrogen) atoms. The average molecular weight is 364 g/mol. The van der Waals surface area contributed by atoms with Crippen LogP contribution in [0.4, 0.5) is 0 Å². The van der Waals surface area contributed by atoms with E-state index >= 15 is 0 Å². The third-order valence-corrected chi connectivity index (χ3v) is 4.47. The normalized spacial score (nSPS) is 16.0. The zero-order valence-corrected chi connectivity index (χ0v) is 14.0. The Morgan fingerprint density at radius 2 is 2.09 bits per heavy atom. The largest absolute Gasteiger partial charge is 0.337 e. The van der Waals surface area contributed by atoms with Crippen molar-refractivity contribution in [3.63, 3.8) is 0 Å². The third kappa shape index (κ3) is 2.91. The van der Waals surface area contributed by atoms with Gasteiger partial charge in [-0.1, -0.05) is 27.2 Å². The van der Waals surface area contributed by atoms with Crippen molar-refractivity contribution >= 4 is 21.8 Å². The molecule has 7 heteroatoms. The summed E-state index contributed by atoms with van der Waals surface area (Å²) < 4.78 is 2.64. The summed E-state index contributed by atoms with van der Waals surface area (Å²) in [7, 11) is 0. The van der Waals surface area contributed by atoms with Crippen LogP contribution in [-0.4, -0.2) is 44.9 Å². The molecule has 0 aliphatic carbocycles. The molecule has 1 amide bonds. The second-order valence-corrected chi connectivity index (χ2v) is 6.46. The highest BCUT2D eigenvalue weighted by molar-refractivity contribution is 9.10. The van der Waals surface area contributed by atoms with Crippen LogP contribution >= 0.6 is 15.9 Å². The van der Waals surface area contributed by atoms with Crippen molar-refractivity contribution in [2.45, 2.75) is 25.8 Å². The number of rotatable bonds is 2. The Labute approximate surface area is 137 Å². The number of piperidine rings is 1. The van der Waals surface area contributed by atoms with Crippen LogP contribution in [0.5, 0.6) is 0 Å². The van der Waals surface area contributed by atoms with Crippen molar-refractivity contribution in [1.29, 1.82) is 0 Å². The van der Waals surface area contributed by atoms with Crippen LogP contribution in [0.15, 0.2) is 28.7 Å². The van der Waals surface area contributed by atoms with Crippen LogP contribution in [0, 0.1) is 6.92 Å². The highest BCUT2D eigenvalue weighted by Crippen LogP contribution is 2.19. The number of benzene rings is 1. The fourth-order valence-electron chi connectivity index (χ4n) is 2.63. The summed E-state index contributed by atoms with van der Waals surface area (Å²) in [5.74, 6) is -0.0642. The van der Waals surface area contributed by atoms with E-state index in [9.17, 15) is 4.79 Å². The zero-order valence-electron chi connectivity index (χ0n) is 12.4. The lowest BCUT2D eigenvalue weighted by molar-refractivity contribution is 0.0708. The minimum absolute atomic E-state index is 0.0642. The molecule has 0 atom stereocenters. The van der Waals surface area contributed by atoms with E-state index in [1.54, 1.807) is 4.68 Å². The molecular weight excluding hydrogens is 346 g/mol. The first-order valence-electron chi connectivity index (χ1n) is 7.29. The standard InChI is InChI=1S/C15H18BrN5O/c1-10-14(15(22)20-7-5-12(17)6-8-20)18-19-21(10)13-4-2-3-11(16)9-13/h2-4,9,12H,5-8,17H2,1H3. The van der Waals surface area contributed by atoms with E-state index in [0.717, 1.165) is 28.7 Å². The predicted molar refractivity (Wildman–Crippen MR) is 86.9 cm³/mol. The molecule has 2 heterocycles. The molecule has 1 fully saturated rings. The highest BCUT2D eigenvalue weighted by atomic mass is 79.9. The second-order valence-electron chi connectivity index (χ2n) is 5.54. The molecule has 1 aromatic carbocycles. The quantitative estimate of drug-likeness (QED) is 0.883. The Morgan fingerprint density at radius 1 is 1.36 bits per heavy atom. The molecule has 1 aliphatic heterocycles. The summed E-state index contributed by atoms with van der Waals surface area (Å²) in [6.45, 7) is 3.23. The van der Waals surface area contributed by atoms with Gasteiger partial charge in [0, 0.05) is 23.6 Å². The molecule has 1 aromatic heterocycles. The van der Waals surface area contributed by atoms with E-state index in [4.69, 9.17) is 5.73 Å². The van der Waals surface area contributed by atoms with Crippen molar-refractivity contribution in [1.82, 2.24) is 19.9 Å². The number of aromatic nitrogens is 3. The molecule has 0 bridgehead atoms. The van der Waals surface area contributed by atoms with Crippen LogP contribution < -0.4 is 5.73 Å². The summed E-state index contributed by atoms with van der Waals surface area (Å²) in [6, 6.07) is 7.94. The van der Waals surface area contributed by atoms with Gasteiger partial charge in [-0.05, 0) is 38.0 Å². The zero-order chi connectivity index (χ0) is 15.7. The Bertz CT molecular complexity index is 691. The maximum atomic E-state index is 12.6. The Kier molecular flexibility index (Phi) is 4.26. The molecule has 0 radical (unpaired) electrons. The number of hydrogen-bond acceptors (Lipinski definition) is 4. The van der Waals surface area contributed by atoms with Gasteiger partial charge in [0.15, 0.2) is 5.69 Å². The molecule has 2 aromatic rings. The molecule has 0 spiro atoms. The maximum Gasteiger partial charge on any atom is 0.276 e. The van der Waals surface area contributed by atoms with Gasteiger partial charge in [-0.15, -0.1) is 5.10 Å². The minimum atomic E-state index is -0.0642. The number of carbonyl (C=O) groups excluding carboxylic acids is 1. The maximum absolute atomic E-state index is 12.6. The minimum Gasteiger partial charge on any atom is -0.337 e. The molecule has 0 unspecified atom stereocenters. The smallest absolute Gasteiger partial charge is 0.276 e. The van der Waals surface area contributed by atoms with Gasteiger partial charge in [-0.25, -0.2) is 4.68 Å². The number of nitrogens with zero attached hydrogens (tertiary/aromatic N) is 4. The highest BCUT2D eigenvalue weighted by Gasteiger charge is 2.26. The molecule has 2 N–H and O–H groups in total. The lowest BCUT2D eigenvalue weighted by Gasteiger charge is -2.29. The van der Waals surface area contributed by atoms with E-state index < -0.39 is 0 Å². The van der Waals surface area contributed by atoms with Gasteiger partial charge >= 0.3 is 0 Å². The first-order chi connectivity index (χ1) is 10.6. The number of halogens is 1. The van der Waals surface area contributed by atoms with Crippen molar-refractivity contribution in [3.8, 4) is 5.69 Å². The van der Waals surface area contributed by atoms with Gasteiger partial charge in [0.05, 0.1) is 11.4 Å². The van der Waals surface area contributed by atoms with E-state index in [0.29, 0.717) is 18.8 Å². The van der Waals surface area contributed by atoms with E-state index in [2.05, 4.69) is 26.2 Å². The molecule has 6 nitrogen and oxygen atoms in total. The van der Waals surface area contributed by atoms with Crippen molar-refractivity contribution < 1.29 is 4.79 Å². The summed E-state index contributed by atoms with van der Waals surface area (Å²) in [5.41, 5.74) is 7.92. The fourth-order valence-corrected chi connectivity index (χ4v) is 3.02. The van der Waals surface area contributed by atoms with Crippen LogP contribution in [0.1, 0.15) is 29.0 Å². The summed E-state index contributed by atoms with van der Waals surface area (Å²) >= 11 is 3.44. The van der Waals surface area contributed by atoms with E-state index in [-0.39, 0.29) is 11.9 Å². The second kappa shape index (κ2) is 6.18. The Balaban J connectivity index is 1.85. The number of amides is 1. The van der Waals surface area contributed by atoms with Crippen LogP contribution in [0.2, 0.25) is 0 Å². The first kappa shape index (κ1) is 15.2. The predicted octanol–water partition coefficient (Wildman–Crippen LogP) is 1.90. The van der Waals surface area contributed by atoms with Crippen molar-refractivity contribution in [2.24, 2.45) is 5.73 Å². The van der Waals surface area contributed by atoms with Gasteiger partial charge in [0.1, 0.15) is 0 Å². The topological polar surface area (TPSA) is 77.0 Å². The van der Waals surface area contributed by atoms with Crippen LogP contribution in [0.25, 0.3) is 5.69 Å². The summed E-state index contributed by atoms with van der Waals surface area (Å²) in [4.78, 5) is 14.4. The molecule has 1 aliphatic rings. The van der Waals surface area contributed by atoms with Crippen molar-refractivity contribution in [2.75, 3.05) is 13.1 Å². The van der Waals surface area contributed by atoms with Crippen LogP contribution in [-0.2, 0) is 0 Å². The van der Waals surface area contributed by atoms with E-state index in [1.165, 1.54) is 0 Å². The number of likely N-dealkylation sites (tertiary alicyclic amines) is 1. The van der Waals surface area contributed by atoms with Gasteiger partial charge < -0.3 is 10.6 Å². The van der Waals surface area contributed by atoms with E-state index in [1.807, 2.05) is 36.1 Å². The molecule has 116 valence electrons. The van der Waals surface area contributed by atoms with Gasteiger partial charge in [-0.3, -0.25) is 4.79 Å². The Hall–Kier alpha value is -1.73. The molecule has 0 saturated carbocycles. The van der Waals surface area contributed by atoms with Crippen molar-refractivity contribution in [3.05, 3.63) is 40.1 Å².